The van der Waals surface area contributed by atoms with Crippen LogP contribution in [0.3, 0.4) is 0 Å². The van der Waals surface area contributed by atoms with Crippen molar-refractivity contribution in [2.75, 3.05) is 14.1 Å². The zero-order chi connectivity index (χ0) is 14.8. The van der Waals surface area contributed by atoms with Gasteiger partial charge in [0.25, 0.3) is 0 Å². The van der Waals surface area contributed by atoms with Crippen molar-refractivity contribution < 1.29 is 0 Å². The molecule has 1 saturated carbocycles. The second-order valence-corrected chi connectivity index (χ2v) is 6.58. The first-order chi connectivity index (χ1) is 9.48. The highest BCUT2D eigenvalue weighted by Gasteiger charge is 2.42. The maximum Gasteiger partial charge on any atom is 0.0641 e. The van der Waals surface area contributed by atoms with Crippen LogP contribution in [0.4, 0.5) is 0 Å². The quantitative estimate of drug-likeness (QED) is 0.630. The summed E-state index contributed by atoms with van der Waals surface area (Å²) in [7, 11) is 6.32. The van der Waals surface area contributed by atoms with E-state index in [9.17, 15) is 0 Å². The van der Waals surface area contributed by atoms with Gasteiger partial charge >= 0.3 is 0 Å². The Morgan fingerprint density at radius 3 is 2.60 bits per heavy atom. The van der Waals surface area contributed by atoms with Crippen LogP contribution in [0.5, 0.6) is 0 Å². The molecule has 0 amide bonds. The van der Waals surface area contributed by atoms with Gasteiger partial charge in [-0.3, -0.25) is 16.0 Å². The smallest absolute Gasteiger partial charge is 0.0641 e. The zero-order valence-corrected chi connectivity index (χ0v) is 13.3. The molecule has 114 valence electrons. The number of hydrogen-bond acceptors (Lipinski definition) is 4. The van der Waals surface area contributed by atoms with Gasteiger partial charge < -0.3 is 4.90 Å². The van der Waals surface area contributed by atoms with Crippen LogP contribution in [-0.2, 0) is 13.5 Å². The van der Waals surface area contributed by atoms with Crippen molar-refractivity contribution in [1.82, 2.24) is 20.1 Å². The summed E-state index contributed by atoms with van der Waals surface area (Å²) in [6, 6.07) is 2.32. The minimum Gasteiger partial charge on any atom is -0.302 e. The molecule has 3 N–H and O–H groups in total. The number of hydrogen-bond donors (Lipinski definition) is 2. The summed E-state index contributed by atoms with van der Waals surface area (Å²) in [5.41, 5.74) is 4.32. The van der Waals surface area contributed by atoms with E-state index in [1.165, 1.54) is 25.7 Å². The third-order valence-corrected chi connectivity index (χ3v) is 5.06. The SMILES string of the molecule is CC1CCC(C(Cc2ccn(C)n2)NN)(N(C)C)CC1. The molecule has 0 aromatic carbocycles. The van der Waals surface area contributed by atoms with E-state index in [-0.39, 0.29) is 11.6 Å². The third-order valence-electron chi connectivity index (χ3n) is 5.06. The van der Waals surface area contributed by atoms with E-state index < -0.39 is 0 Å². The van der Waals surface area contributed by atoms with Gasteiger partial charge in [-0.1, -0.05) is 6.92 Å². The summed E-state index contributed by atoms with van der Waals surface area (Å²) in [5.74, 6) is 6.73. The number of aromatic nitrogens is 2. The van der Waals surface area contributed by atoms with Crippen LogP contribution >= 0.6 is 0 Å². The molecule has 1 heterocycles. The summed E-state index contributed by atoms with van der Waals surface area (Å²) >= 11 is 0. The largest absolute Gasteiger partial charge is 0.302 e. The fourth-order valence-corrected chi connectivity index (χ4v) is 3.55. The van der Waals surface area contributed by atoms with E-state index in [1.807, 2.05) is 17.9 Å². The molecule has 0 aliphatic heterocycles. The number of hydrazine groups is 1. The van der Waals surface area contributed by atoms with Crippen molar-refractivity contribution in [3.63, 3.8) is 0 Å². The maximum atomic E-state index is 5.90. The Labute approximate surface area is 122 Å². The van der Waals surface area contributed by atoms with Gasteiger partial charge in [-0.05, 0) is 51.8 Å². The Hall–Kier alpha value is -0.910. The monoisotopic (exact) mass is 279 g/mol. The molecule has 1 atom stereocenters. The summed E-state index contributed by atoms with van der Waals surface area (Å²) in [5, 5.41) is 4.50. The van der Waals surface area contributed by atoms with Gasteiger partial charge in [0.05, 0.1) is 5.69 Å². The highest BCUT2D eigenvalue weighted by molar-refractivity contribution is 5.08. The molecule has 0 saturated heterocycles. The van der Waals surface area contributed by atoms with E-state index in [2.05, 4.69) is 42.5 Å². The van der Waals surface area contributed by atoms with Crippen molar-refractivity contribution in [1.29, 1.82) is 0 Å². The summed E-state index contributed by atoms with van der Waals surface area (Å²) in [4.78, 5) is 2.37. The highest BCUT2D eigenvalue weighted by atomic mass is 15.3. The van der Waals surface area contributed by atoms with Crippen LogP contribution in [0, 0.1) is 5.92 Å². The number of nitrogens with one attached hydrogen (secondary N) is 1. The molecule has 1 aliphatic rings. The molecule has 1 aliphatic carbocycles. The van der Waals surface area contributed by atoms with E-state index >= 15 is 0 Å². The molecule has 20 heavy (non-hydrogen) atoms. The van der Waals surface area contributed by atoms with Gasteiger partial charge in [-0.2, -0.15) is 5.10 Å². The maximum absolute atomic E-state index is 5.90. The van der Waals surface area contributed by atoms with Crippen molar-refractivity contribution in [3.8, 4) is 0 Å². The lowest BCUT2D eigenvalue weighted by Crippen LogP contribution is -2.62. The predicted octanol–water partition coefficient (Wildman–Crippen LogP) is 1.31. The fourth-order valence-electron chi connectivity index (χ4n) is 3.55. The molecular formula is C15H29N5. The Bertz CT molecular complexity index is 418. The Kier molecular flexibility index (Phi) is 4.83. The van der Waals surface area contributed by atoms with E-state index in [0.29, 0.717) is 0 Å². The summed E-state index contributed by atoms with van der Waals surface area (Å²) < 4.78 is 1.86. The number of nitrogens with zero attached hydrogens (tertiary/aromatic N) is 3. The first kappa shape index (κ1) is 15.5. The Balaban J connectivity index is 2.17. The van der Waals surface area contributed by atoms with Crippen molar-refractivity contribution in [2.24, 2.45) is 18.8 Å². The van der Waals surface area contributed by atoms with Crippen LogP contribution in [0.2, 0.25) is 0 Å². The van der Waals surface area contributed by atoms with Gasteiger partial charge in [0.1, 0.15) is 0 Å². The number of rotatable bonds is 5. The molecule has 1 aromatic rings. The zero-order valence-electron chi connectivity index (χ0n) is 13.3. The van der Waals surface area contributed by atoms with Gasteiger partial charge in [-0.25, -0.2) is 0 Å². The highest BCUT2D eigenvalue weighted by Crippen LogP contribution is 2.38. The molecule has 5 heteroatoms. The van der Waals surface area contributed by atoms with E-state index in [1.54, 1.807) is 0 Å². The first-order valence-electron chi connectivity index (χ1n) is 7.60. The van der Waals surface area contributed by atoms with Crippen molar-refractivity contribution >= 4 is 0 Å². The van der Waals surface area contributed by atoms with Gasteiger partial charge in [0, 0.05) is 31.2 Å². The Morgan fingerprint density at radius 1 is 1.50 bits per heavy atom. The lowest BCUT2D eigenvalue weighted by atomic mass is 9.71. The lowest BCUT2D eigenvalue weighted by molar-refractivity contribution is 0.0431. The van der Waals surface area contributed by atoms with Crippen LogP contribution in [0.15, 0.2) is 12.3 Å². The molecule has 0 radical (unpaired) electrons. The summed E-state index contributed by atoms with van der Waals surface area (Å²) in [6.45, 7) is 2.35. The van der Waals surface area contributed by atoms with E-state index in [4.69, 9.17) is 5.84 Å². The van der Waals surface area contributed by atoms with Crippen LogP contribution in [0.1, 0.15) is 38.3 Å². The van der Waals surface area contributed by atoms with Gasteiger partial charge in [0.2, 0.25) is 0 Å². The number of likely N-dealkylation sites (N-methyl/N-ethyl adjacent to an activating group) is 1. The van der Waals surface area contributed by atoms with E-state index in [0.717, 1.165) is 18.0 Å². The molecular weight excluding hydrogens is 250 g/mol. The molecule has 1 fully saturated rings. The molecule has 2 rings (SSSR count). The average Bonchev–Trinajstić information content (AvgIpc) is 2.82. The van der Waals surface area contributed by atoms with Crippen LogP contribution in [-0.4, -0.2) is 40.4 Å². The lowest BCUT2D eigenvalue weighted by Gasteiger charge is -2.49. The van der Waals surface area contributed by atoms with Crippen molar-refractivity contribution in [2.45, 2.75) is 50.6 Å². The van der Waals surface area contributed by atoms with Crippen molar-refractivity contribution in [3.05, 3.63) is 18.0 Å². The topological polar surface area (TPSA) is 59.1 Å². The van der Waals surface area contributed by atoms with Gasteiger partial charge in [0.15, 0.2) is 0 Å². The molecule has 0 bridgehead atoms. The minimum absolute atomic E-state index is 0.138. The average molecular weight is 279 g/mol. The number of aryl methyl sites for hydroxylation is 1. The van der Waals surface area contributed by atoms with Crippen LogP contribution in [0.25, 0.3) is 0 Å². The van der Waals surface area contributed by atoms with Gasteiger partial charge in [-0.15, -0.1) is 0 Å². The predicted molar refractivity (Wildman–Crippen MR) is 82.1 cm³/mol. The first-order valence-corrected chi connectivity index (χ1v) is 7.60. The summed E-state index contributed by atoms with van der Waals surface area (Å²) in [6.07, 6.45) is 7.82. The normalized spacial score (nSPS) is 28.8. The molecule has 0 spiro atoms. The second-order valence-electron chi connectivity index (χ2n) is 6.58. The second kappa shape index (κ2) is 6.24. The standard InChI is InChI=1S/C15H29N5/c1-12-5-8-15(9-6-12,19(2)3)14(17-16)11-13-7-10-20(4)18-13/h7,10,12,14,17H,5-6,8-9,11,16H2,1-4H3. The minimum atomic E-state index is 0.138. The van der Waals surface area contributed by atoms with Crippen LogP contribution < -0.4 is 11.3 Å². The molecule has 1 unspecified atom stereocenters. The molecule has 1 aromatic heterocycles. The third kappa shape index (κ3) is 3.05. The number of nitrogens with two attached hydrogens (primary N) is 1. The Morgan fingerprint density at radius 2 is 2.15 bits per heavy atom. The molecule has 5 nitrogen and oxygen atoms in total. The fraction of sp³-hybridized carbons (Fsp3) is 0.800.